The maximum Gasteiger partial charge on any atom is 0.214 e. The van der Waals surface area contributed by atoms with Gasteiger partial charge in [0.15, 0.2) is 0 Å². The predicted molar refractivity (Wildman–Crippen MR) is 69.1 cm³/mol. The first-order chi connectivity index (χ1) is 8.24. The lowest BCUT2D eigenvalue weighted by Crippen LogP contribution is -2.24. The summed E-state index contributed by atoms with van der Waals surface area (Å²) >= 11 is 3.30. The Balaban J connectivity index is 1.63. The molecule has 17 heavy (non-hydrogen) atoms. The molecule has 2 rings (SSSR count). The fraction of sp³-hybridized carbons (Fsp3) is 0.583. The van der Waals surface area contributed by atoms with Crippen LogP contribution in [0.1, 0.15) is 12.8 Å². The number of aliphatic hydroxyl groups excluding tert-OH is 1. The van der Waals surface area contributed by atoms with Crippen molar-refractivity contribution in [3.05, 3.63) is 22.8 Å². The van der Waals surface area contributed by atoms with Crippen LogP contribution in [0.25, 0.3) is 0 Å². The standard InChI is InChI=1S/C12H17BrN2O2/c13-11-3-1-4-12(14-11)17-8-2-6-15-7-5-10(16)9-15/h1,3-4,10,16H,2,5-9H2. The number of nitrogens with zero attached hydrogens (tertiary/aromatic N) is 2. The monoisotopic (exact) mass is 300 g/mol. The molecule has 1 unspecified atom stereocenters. The van der Waals surface area contributed by atoms with Gasteiger partial charge in [-0.1, -0.05) is 6.07 Å². The minimum atomic E-state index is -0.136. The number of β-amino-alcohol motifs (C(OH)–C–C–N with tert-alkyl or cyclic N) is 1. The third-order valence-corrected chi connectivity index (χ3v) is 3.25. The van der Waals surface area contributed by atoms with Crippen molar-refractivity contribution in [2.45, 2.75) is 18.9 Å². The van der Waals surface area contributed by atoms with Crippen molar-refractivity contribution in [3.8, 4) is 5.88 Å². The van der Waals surface area contributed by atoms with Gasteiger partial charge in [-0.2, -0.15) is 0 Å². The van der Waals surface area contributed by atoms with Crippen LogP contribution in [0.5, 0.6) is 5.88 Å². The quantitative estimate of drug-likeness (QED) is 0.664. The third kappa shape index (κ3) is 4.26. The average Bonchev–Trinajstić information content (AvgIpc) is 2.71. The van der Waals surface area contributed by atoms with Crippen LogP contribution in [0.15, 0.2) is 22.8 Å². The highest BCUT2D eigenvalue weighted by molar-refractivity contribution is 9.10. The molecule has 1 saturated heterocycles. The zero-order chi connectivity index (χ0) is 12.1. The molecule has 0 saturated carbocycles. The van der Waals surface area contributed by atoms with Gasteiger partial charge >= 0.3 is 0 Å². The van der Waals surface area contributed by atoms with Crippen LogP contribution in [-0.2, 0) is 0 Å². The van der Waals surface area contributed by atoms with Gasteiger partial charge in [0.2, 0.25) is 5.88 Å². The largest absolute Gasteiger partial charge is 0.478 e. The summed E-state index contributed by atoms with van der Waals surface area (Å²) in [4.78, 5) is 6.46. The number of ether oxygens (including phenoxy) is 1. The number of pyridine rings is 1. The van der Waals surface area contributed by atoms with Crippen LogP contribution in [0.3, 0.4) is 0 Å². The summed E-state index contributed by atoms with van der Waals surface area (Å²) in [5, 5.41) is 9.38. The Morgan fingerprint density at radius 3 is 3.12 bits per heavy atom. The molecule has 0 amide bonds. The van der Waals surface area contributed by atoms with E-state index in [1.165, 1.54) is 0 Å². The second-order valence-corrected chi connectivity index (χ2v) is 5.06. The van der Waals surface area contributed by atoms with E-state index in [2.05, 4.69) is 25.8 Å². The number of aliphatic hydroxyl groups is 1. The molecule has 4 nitrogen and oxygen atoms in total. The van der Waals surface area contributed by atoms with E-state index in [1.54, 1.807) is 0 Å². The van der Waals surface area contributed by atoms with Crippen LogP contribution in [0, 0.1) is 0 Å². The fourth-order valence-corrected chi connectivity index (χ4v) is 2.28. The Bertz CT molecular complexity index is 362. The lowest BCUT2D eigenvalue weighted by molar-refractivity contribution is 0.172. The van der Waals surface area contributed by atoms with Crippen molar-refractivity contribution in [2.75, 3.05) is 26.2 Å². The Labute approximate surface area is 110 Å². The maximum absolute atomic E-state index is 9.38. The summed E-state index contributed by atoms with van der Waals surface area (Å²) in [6.07, 6.45) is 1.72. The summed E-state index contributed by atoms with van der Waals surface area (Å²) in [6.45, 7) is 3.44. The van der Waals surface area contributed by atoms with Crippen molar-refractivity contribution in [1.29, 1.82) is 0 Å². The molecule has 1 fully saturated rings. The van der Waals surface area contributed by atoms with Crippen molar-refractivity contribution in [1.82, 2.24) is 9.88 Å². The van der Waals surface area contributed by atoms with Crippen LogP contribution >= 0.6 is 15.9 Å². The molecular weight excluding hydrogens is 284 g/mol. The Morgan fingerprint density at radius 1 is 1.53 bits per heavy atom. The van der Waals surface area contributed by atoms with E-state index < -0.39 is 0 Å². The summed E-state index contributed by atoms with van der Waals surface area (Å²) in [5.41, 5.74) is 0. The van der Waals surface area contributed by atoms with Crippen molar-refractivity contribution in [2.24, 2.45) is 0 Å². The minimum absolute atomic E-state index is 0.136. The zero-order valence-electron chi connectivity index (χ0n) is 9.68. The number of aromatic nitrogens is 1. The molecule has 1 aromatic rings. The first-order valence-electron chi connectivity index (χ1n) is 5.90. The van der Waals surface area contributed by atoms with E-state index >= 15 is 0 Å². The topological polar surface area (TPSA) is 45.6 Å². The van der Waals surface area contributed by atoms with Crippen molar-refractivity contribution in [3.63, 3.8) is 0 Å². The molecule has 1 N–H and O–H groups in total. The molecule has 1 aliphatic rings. The molecule has 0 spiro atoms. The number of likely N-dealkylation sites (tertiary alicyclic amines) is 1. The molecule has 0 radical (unpaired) electrons. The van der Waals surface area contributed by atoms with Crippen molar-refractivity contribution >= 4 is 15.9 Å². The minimum Gasteiger partial charge on any atom is -0.478 e. The molecule has 0 bridgehead atoms. The van der Waals surface area contributed by atoms with Gasteiger partial charge in [-0.25, -0.2) is 4.98 Å². The van der Waals surface area contributed by atoms with Gasteiger partial charge in [0.05, 0.1) is 12.7 Å². The number of hydrogen-bond acceptors (Lipinski definition) is 4. The average molecular weight is 301 g/mol. The highest BCUT2D eigenvalue weighted by Crippen LogP contribution is 2.13. The highest BCUT2D eigenvalue weighted by Gasteiger charge is 2.19. The van der Waals surface area contributed by atoms with E-state index in [0.717, 1.165) is 37.1 Å². The lowest BCUT2D eigenvalue weighted by Gasteiger charge is -2.14. The molecule has 1 aromatic heterocycles. The Kier molecular flexibility index (Phi) is 4.76. The second-order valence-electron chi connectivity index (χ2n) is 4.24. The summed E-state index contributed by atoms with van der Waals surface area (Å²) in [5.74, 6) is 0.654. The maximum atomic E-state index is 9.38. The summed E-state index contributed by atoms with van der Waals surface area (Å²) in [7, 11) is 0. The van der Waals surface area contributed by atoms with E-state index in [9.17, 15) is 5.11 Å². The zero-order valence-corrected chi connectivity index (χ0v) is 11.3. The number of rotatable bonds is 5. The molecule has 0 aromatic carbocycles. The van der Waals surface area contributed by atoms with Gasteiger partial charge in [0, 0.05) is 25.7 Å². The lowest BCUT2D eigenvalue weighted by atomic mass is 10.3. The van der Waals surface area contributed by atoms with E-state index in [4.69, 9.17) is 4.74 Å². The highest BCUT2D eigenvalue weighted by atomic mass is 79.9. The molecule has 5 heteroatoms. The number of halogens is 1. The van der Waals surface area contributed by atoms with Gasteiger partial charge in [-0.15, -0.1) is 0 Å². The summed E-state index contributed by atoms with van der Waals surface area (Å²) < 4.78 is 6.33. The van der Waals surface area contributed by atoms with Crippen LogP contribution in [0.4, 0.5) is 0 Å². The van der Waals surface area contributed by atoms with Crippen LogP contribution in [-0.4, -0.2) is 47.3 Å². The molecule has 1 atom stereocenters. The van der Waals surface area contributed by atoms with E-state index in [0.29, 0.717) is 12.5 Å². The number of hydrogen-bond donors (Lipinski definition) is 1. The van der Waals surface area contributed by atoms with E-state index in [-0.39, 0.29) is 6.10 Å². The Hall–Kier alpha value is -0.650. The van der Waals surface area contributed by atoms with Gasteiger partial charge in [0.1, 0.15) is 4.60 Å². The smallest absolute Gasteiger partial charge is 0.214 e. The van der Waals surface area contributed by atoms with Crippen LogP contribution < -0.4 is 4.74 Å². The fourth-order valence-electron chi connectivity index (χ4n) is 1.95. The first kappa shape index (κ1) is 12.8. The van der Waals surface area contributed by atoms with Gasteiger partial charge in [-0.05, 0) is 34.8 Å². The van der Waals surface area contributed by atoms with Crippen LogP contribution in [0.2, 0.25) is 0 Å². The molecule has 1 aliphatic heterocycles. The summed E-state index contributed by atoms with van der Waals surface area (Å²) in [6, 6.07) is 5.63. The first-order valence-corrected chi connectivity index (χ1v) is 6.69. The Morgan fingerprint density at radius 2 is 2.41 bits per heavy atom. The molecule has 94 valence electrons. The third-order valence-electron chi connectivity index (χ3n) is 2.81. The van der Waals surface area contributed by atoms with Gasteiger partial charge in [0.25, 0.3) is 0 Å². The second kappa shape index (κ2) is 6.33. The van der Waals surface area contributed by atoms with E-state index in [1.807, 2.05) is 18.2 Å². The molecule has 0 aliphatic carbocycles. The van der Waals surface area contributed by atoms with Gasteiger partial charge in [-0.3, -0.25) is 0 Å². The molecular formula is C12H17BrN2O2. The van der Waals surface area contributed by atoms with Crippen molar-refractivity contribution < 1.29 is 9.84 Å². The predicted octanol–water partition coefficient (Wildman–Crippen LogP) is 1.68. The van der Waals surface area contributed by atoms with Gasteiger partial charge < -0.3 is 14.7 Å². The molecule has 2 heterocycles. The SMILES string of the molecule is OC1CCN(CCCOc2cccc(Br)n2)C1. The normalized spacial score (nSPS) is 20.7.